The van der Waals surface area contributed by atoms with Crippen molar-refractivity contribution in [3.63, 3.8) is 0 Å². The summed E-state index contributed by atoms with van der Waals surface area (Å²) in [5.74, 6) is -0.473. The summed E-state index contributed by atoms with van der Waals surface area (Å²) in [6.45, 7) is 6.87. The summed E-state index contributed by atoms with van der Waals surface area (Å²) in [4.78, 5) is 33.7. The van der Waals surface area contributed by atoms with Crippen LogP contribution in [0.4, 0.5) is 4.79 Å². The van der Waals surface area contributed by atoms with Crippen molar-refractivity contribution in [1.29, 1.82) is 0 Å². The number of aromatic nitrogens is 2. The van der Waals surface area contributed by atoms with Gasteiger partial charge in [-0.05, 0) is 39.7 Å². The van der Waals surface area contributed by atoms with Crippen LogP contribution in [0.2, 0.25) is 0 Å². The van der Waals surface area contributed by atoms with Crippen LogP contribution in [0.3, 0.4) is 0 Å². The summed E-state index contributed by atoms with van der Waals surface area (Å²) in [5, 5.41) is 0.852. The fourth-order valence-electron chi connectivity index (χ4n) is 2.25. The van der Waals surface area contributed by atoms with Gasteiger partial charge in [0.1, 0.15) is 5.60 Å². The van der Waals surface area contributed by atoms with Crippen molar-refractivity contribution in [2.24, 2.45) is 0 Å². The lowest BCUT2D eigenvalue weighted by atomic mass is 10.1. The van der Waals surface area contributed by atoms with Gasteiger partial charge in [-0.1, -0.05) is 11.8 Å². The smallest absolute Gasteiger partial charge is 0.410 e. The number of likely N-dealkylation sites (tertiary alicyclic amines) is 1. The molecule has 0 radical (unpaired) electrons. The van der Waals surface area contributed by atoms with Gasteiger partial charge in [0.15, 0.2) is 10.9 Å². The van der Waals surface area contributed by atoms with Crippen molar-refractivity contribution in [2.45, 2.75) is 49.6 Å². The molecule has 1 fully saturated rings. The van der Waals surface area contributed by atoms with E-state index in [-0.39, 0.29) is 11.8 Å². The highest BCUT2D eigenvalue weighted by atomic mass is 32.2. The quantitative estimate of drug-likeness (QED) is 0.610. The van der Waals surface area contributed by atoms with E-state index in [9.17, 15) is 9.59 Å². The number of thioether (sulfide) groups is 1. The summed E-state index contributed by atoms with van der Waals surface area (Å²) in [6.07, 6.45) is 2.94. The molecule has 0 saturated carbocycles. The van der Waals surface area contributed by atoms with Gasteiger partial charge in [0, 0.05) is 24.5 Å². The van der Waals surface area contributed by atoms with Crippen molar-refractivity contribution in [2.75, 3.05) is 20.2 Å². The van der Waals surface area contributed by atoms with E-state index in [0.29, 0.717) is 23.5 Å². The van der Waals surface area contributed by atoms with Crippen LogP contribution >= 0.6 is 11.8 Å². The molecule has 1 aromatic heterocycles. The molecule has 0 bridgehead atoms. The standard InChI is InChI=1S/C16H23N3O4S/c1-16(2,3)23-15(21)19-9-6-11(7-10-19)24-14-17-8-5-12(18-14)13(20)22-4/h5,8,11H,6-7,9-10H2,1-4H3. The Hall–Kier alpha value is -1.83. The van der Waals surface area contributed by atoms with Gasteiger partial charge in [-0.2, -0.15) is 0 Å². The minimum absolute atomic E-state index is 0.251. The molecular formula is C16H23N3O4S. The minimum Gasteiger partial charge on any atom is -0.464 e. The van der Waals surface area contributed by atoms with E-state index >= 15 is 0 Å². The van der Waals surface area contributed by atoms with E-state index in [4.69, 9.17) is 4.74 Å². The Morgan fingerprint density at radius 2 is 1.96 bits per heavy atom. The predicted octanol–water partition coefficient (Wildman–Crippen LogP) is 2.75. The topological polar surface area (TPSA) is 81.6 Å². The van der Waals surface area contributed by atoms with Gasteiger partial charge in [-0.25, -0.2) is 19.6 Å². The number of methoxy groups -OCH3 is 1. The van der Waals surface area contributed by atoms with Crippen LogP contribution in [0.15, 0.2) is 17.4 Å². The first-order chi connectivity index (χ1) is 11.3. The van der Waals surface area contributed by atoms with Gasteiger partial charge in [0.25, 0.3) is 0 Å². The summed E-state index contributed by atoms with van der Waals surface area (Å²) < 4.78 is 10.1. The third-order valence-corrected chi connectivity index (χ3v) is 4.61. The maximum absolute atomic E-state index is 12.1. The first-order valence-corrected chi connectivity index (χ1v) is 8.72. The number of nitrogens with zero attached hydrogens (tertiary/aromatic N) is 3. The van der Waals surface area contributed by atoms with Gasteiger partial charge in [0.2, 0.25) is 0 Å². The van der Waals surface area contributed by atoms with Gasteiger partial charge >= 0.3 is 12.1 Å². The number of carbonyl (C=O) groups is 2. The Kier molecular flexibility index (Phi) is 6.04. The Balaban J connectivity index is 1.87. The average molecular weight is 353 g/mol. The zero-order chi connectivity index (χ0) is 17.7. The number of ether oxygens (including phenoxy) is 2. The van der Waals surface area contributed by atoms with Crippen molar-refractivity contribution >= 4 is 23.8 Å². The molecule has 1 saturated heterocycles. The Morgan fingerprint density at radius 3 is 2.54 bits per heavy atom. The molecule has 0 aliphatic carbocycles. The maximum atomic E-state index is 12.1. The molecule has 0 aromatic carbocycles. The molecule has 0 atom stereocenters. The highest BCUT2D eigenvalue weighted by Crippen LogP contribution is 2.28. The van der Waals surface area contributed by atoms with Crippen molar-refractivity contribution in [1.82, 2.24) is 14.9 Å². The Labute approximate surface area is 146 Å². The molecule has 24 heavy (non-hydrogen) atoms. The summed E-state index contributed by atoms with van der Waals surface area (Å²) in [7, 11) is 1.32. The van der Waals surface area contributed by atoms with Gasteiger partial charge in [-0.15, -0.1) is 0 Å². The van der Waals surface area contributed by atoms with Crippen LogP contribution in [0.5, 0.6) is 0 Å². The van der Waals surface area contributed by atoms with E-state index in [1.54, 1.807) is 11.1 Å². The van der Waals surface area contributed by atoms with Crippen LogP contribution in [0.1, 0.15) is 44.1 Å². The zero-order valence-corrected chi connectivity index (χ0v) is 15.3. The molecule has 2 rings (SSSR count). The second-order valence-corrected chi connectivity index (χ2v) is 7.77. The number of esters is 1. The van der Waals surface area contributed by atoms with Crippen LogP contribution in [0, 0.1) is 0 Å². The molecule has 1 aliphatic heterocycles. The molecule has 7 nitrogen and oxygen atoms in total. The second kappa shape index (κ2) is 7.83. The van der Waals surface area contributed by atoms with Gasteiger partial charge < -0.3 is 14.4 Å². The number of hydrogen-bond acceptors (Lipinski definition) is 7. The van der Waals surface area contributed by atoms with E-state index in [1.807, 2.05) is 20.8 Å². The lowest BCUT2D eigenvalue weighted by Crippen LogP contribution is -2.42. The lowest BCUT2D eigenvalue weighted by molar-refractivity contribution is 0.0219. The van der Waals surface area contributed by atoms with Crippen LogP contribution < -0.4 is 0 Å². The molecule has 1 aromatic rings. The van der Waals surface area contributed by atoms with Crippen LogP contribution in [-0.2, 0) is 9.47 Å². The molecule has 0 spiro atoms. The maximum Gasteiger partial charge on any atom is 0.410 e. The number of amides is 1. The van der Waals surface area contributed by atoms with E-state index < -0.39 is 11.6 Å². The first kappa shape index (κ1) is 18.5. The fourth-order valence-corrected chi connectivity index (χ4v) is 3.27. The van der Waals surface area contributed by atoms with Crippen LogP contribution in [-0.4, -0.2) is 58.0 Å². The first-order valence-electron chi connectivity index (χ1n) is 7.84. The largest absolute Gasteiger partial charge is 0.464 e. The normalized spacial score (nSPS) is 15.9. The average Bonchev–Trinajstić information content (AvgIpc) is 2.53. The van der Waals surface area contributed by atoms with E-state index in [2.05, 4.69) is 14.7 Å². The summed E-state index contributed by atoms with van der Waals surface area (Å²) in [5.41, 5.74) is -0.230. The highest BCUT2D eigenvalue weighted by Gasteiger charge is 2.27. The van der Waals surface area contributed by atoms with Crippen molar-refractivity contribution in [3.8, 4) is 0 Å². The molecule has 132 valence electrons. The van der Waals surface area contributed by atoms with Crippen molar-refractivity contribution < 1.29 is 19.1 Å². The number of piperidine rings is 1. The monoisotopic (exact) mass is 353 g/mol. The van der Waals surface area contributed by atoms with Crippen molar-refractivity contribution in [3.05, 3.63) is 18.0 Å². The predicted molar refractivity (Wildman–Crippen MR) is 90.1 cm³/mol. The van der Waals surface area contributed by atoms with E-state index in [0.717, 1.165) is 12.8 Å². The minimum atomic E-state index is -0.481. The lowest BCUT2D eigenvalue weighted by Gasteiger charge is -2.32. The highest BCUT2D eigenvalue weighted by molar-refractivity contribution is 7.99. The molecule has 0 unspecified atom stereocenters. The zero-order valence-electron chi connectivity index (χ0n) is 14.4. The number of hydrogen-bond donors (Lipinski definition) is 0. The number of rotatable bonds is 3. The molecule has 1 aliphatic rings. The van der Waals surface area contributed by atoms with E-state index in [1.165, 1.54) is 24.9 Å². The molecule has 2 heterocycles. The fraction of sp³-hybridized carbons (Fsp3) is 0.625. The number of carbonyl (C=O) groups excluding carboxylic acids is 2. The Morgan fingerprint density at radius 1 is 1.29 bits per heavy atom. The second-order valence-electron chi connectivity index (χ2n) is 6.50. The summed E-state index contributed by atoms with van der Waals surface area (Å²) >= 11 is 1.52. The SMILES string of the molecule is COC(=O)c1ccnc(SC2CCN(C(=O)OC(C)(C)C)CC2)n1. The Bertz CT molecular complexity index is 595. The van der Waals surface area contributed by atoms with Crippen LogP contribution in [0.25, 0.3) is 0 Å². The molecular weight excluding hydrogens is 330 g/mol. The van der Waals surface area contributed by atoms with Gasteiger partial charge in [0.05, 0.1) is 7.11 Å². The molecule has 8 heteroatoms. The van der Waals surface area contributed by atoms with Gasteiger partial charge in [-0.3, -0.25) is 0 Å². The third-order valence-electron chi connectivity index (χ3n) is 3.39. The third kappa shape index (κ3) is 5.36. The molecule has 1 amide bonds. The summed E-state index contributed by atoms with van der Waals surface area (Å²) in [6, 6.07) is 1.53. The molecule has 0 N–H and O–H groups in total.